The number of hydrogen-bond donors (Lipinski definition) is 0. The van der Waals surface area contributed by atoms with Gasteiger partial charge in [-0.1, -0.05) is 23.5 Å². The van der Waals surface area contributed by atoms with E-state index in [0.29, 0.717) is 10.2 Å². The molecule has 0 amide bonds. The van der Waals surface area contributed by atoms with Crippen molar-refractivity contribution in [1.82, 2.24) is 0 Å². The molecule has 0 saturated carbocycles. The average Bonchev–Trinajstić information content (AvgIpc) is 2.57. The first-order valence-corrected chi connectivity index (χ1v) is 5.34. The number of carbonyl (C=O) groups excluding carboxylic acids is 1. The smallest absolute Gasteiger partial charge is 0.416 e. The fourth-order valence-electron chi connectivity index (χ4n) is 1.28. The van der Waals surface area contributed by atoms with Crippen molar-refractivity contribution in [3.63, 3.8) is 0 Å². The molecule has 0 unspecified atom stereocenters. The molecule has 0 atom stereocenters. The first-order chi connectivity index (χ1) is 7.24. The molecule has 78 valence electrons. The van der Waals surface area contributed by atoms with Gasteiger partial charge in [0.2, 0.25) is 5.52 Å². The number of hydrogen-bond acceptors (Lipinski definition) is 4. The zero-order chi connectivity index (χ0) is 10.8. The van der Waals surface area contributed by atoms with Crippen LogP contribution in [0, 0.1) is 5.21 Å². The molecule has 0 N–H and O–H groups in total. The van der Waals surface area contributed by atoms with E-state index in [9.17, 15) is 10.0 Å². The maximum Gasteiger partial charge on any atom is 0.416 e. The monoisotopic (exact) mass is 223 g/mol. The van der Waals surface area contributed by atoms with Crippen LogP contribution >= 0.6 is 11.3 Å². The van der Waals surface area contributed by atoms with E-state index in [0.717, 1.165) is 16.0 Å². The molecule has 2 rings (SSSR count). The molecule has 0 spiro atoms. The van der Waals surface area contributed by atoms with Crippen molar-refractivity contribution >= 4 is 27.5 Å². The summed E-state index contributed by atoms with van der Waals surface area (Å²) in [5.41, 5.74) is 0.505. The minimum atomic E-state index is -0.561. The van der Waals surface area contributed by atoms with Crippen molar-refractivity contribution in [3.05, 3.63) is 34.5 Å². The van der Waals surface area contributed by atoms with Gasteiger partial charge in [-0.05, 0) is 13.0 Å². The lowest BCUT2D eigenvalue weighted by atomic mass is 10.3. The number of aromatic nitrogens is 1. The van der Waals surface area contributed by atoms with E-state index in [1.54, 1.807) is 25.1 Å². The van der Waals surface area contributed by atoms with Crippen molar-refractivity contribution in [2.24, 2.45) is 0 Å². The molecule has 0 aliphatic rings. The molecule has 0 radical (unpaired) electrons. The lowest BCUT2D eigenvalue weighted by molar-refractivity contribution is -0.575. The van der Waals surface area contributed by atoms with Crippen molar-refractivity contribution in [2.75, 3.05) is 6.61 Å². The molecule has 1 heterocycles. The third kappa shape index (κ3) is 1.66. The minimum Gasteiger partial charge on any atom is -0.617 e. The fourth-order valence-corrected chi connectivity index (χ4v) is 2.22. The summed E-state index contributed by atoms with van der Waals surface area (Å²) in [6, 6.07) is 7.07. The molecule has 0 aliphatic heterocycles. The van der Waals surface area contributed by atoms with Gasteiger partial charge >= 0.3 is 11.0 Å². The number of benzene rings is 1. The Kier molecular flexibility index (Phi) is 2.55. The predicted octanol–water partition coefficient (Wildman–Crippen LogP) is 1.71. The van der Waals surface area contributed by atoms with E-state index in [1.807, 2.05) is 6.07 Å². The first kappa shape index (κ1) is 9.92. The molecule has 0 fully saturated rings. The Morgan fingerprint density at radius 2 is 2.27 bits per heavy atom. The second-order valence-corrected chi connectivity index (χ2v) is 3.92. The highest BCUT2D eigenvalue weighted by molar-refractivity contribution is 7.19. The van der Waals surface area contributed by atoms with Gasteiger partial charge in [-0.3, -0.25) is 0 Å². The van der Waals surface area contributed by atoms with Gasteiger partial charge in [0.1, 0.15) is 4.70 Å². The number of thiazole rings is 1. The second kappa shape index (κ2) is 3.86. The summed E-state index contributed by atoms with van der Waals surface area (Å²) in [6.45, 7) is 1.98. The zero-order valence-electron chi connectivity index (χ0n) is 8.10. The van der Waals surface area contributed by atoms with Crippen LogP contribution in [0.1, 0.15) is 16.7 Å². The molecular weight excluding hydrogens is 214 g/mol. The van der Waals surface area contributed by atoms with Crippen LogP contribution < -0.4 is 4.73 Å². The van der Waals surface area contributed by atoms with Crippen LogP contribution in [0.3, 0.4) is 0 Å². The molecule has 15 heavy (non-hydrogen) atoms. The quantitative estimate of drug-likeness (QED) is 0.442. The van der Waals surface area contributed by atoms with E-state index < -0.39 is 5.97 Å². The normalized spacial score (nSPS) is 10.5. The number of fused-ring (bicyclic) bond motifs is 1. The standard InChI is InChI=1S/C10H9NO3S/c1-2-14-10(12)9-11(13)7-5-3-4-6-8(7)15-9/h3-6H,2H2,1H3. The van der Waals surface area contributed by atoms with Crippen molar-refractivity contribution in [2.45, 2.75) is 6.92 Å². The van der Waals surface area contributed by atoms with E-state index in [4.69, 9.17) is 4.74 Å². The van der Waals surface area contributed by atoms with E-state index in [2.05, 4.69) is 0 Å². The minimum absolute atomic E-state index is 0.0815. The molecule has 1 aromatic heterocycles. The van der Waals surface area contributed by atoms with Crippen LogP contribution in [0.25, 0.3) is 10.2 Å². The average molecular weight is 223 g/mol. The Labute approximate surface area is 90.3 Å². The second-order valence-electron chi connectivity index (χ2n) is 2.89. The lowest BCUT2D eigenvalue weighted by Crippen LogP contribution is -2.32. The maximum atomic E-state index is 11.7. The van der Waals surface area contributed by atoms with Crippen LogP contribution in [0.2, 0.25) is 0 Å². The topological polar surface area (TPSA) is 53.2 Å². The maximum absolute atomic E-state index is 11.7. The third-order valence-electron chi connectivity index (χ3n) is 1.93. The SMILES string of the molecule is CCOC(=O)c1sc2ccccc2[n+]1[O-]. The molecule has 5 heteroatoms. The van der Waals surface area contributed by atoms with E-state index in [1.165, 1.54) is 0 Å². The van der Waals surface area contributed by atoms with Crippen LogP contribution in [-0.2, 0) is 4.74 Å². The predicted molar refractivity (Wildman–Crippen MR) is 56.7 cm³/mol. The first-order valence-electron chi connectivity index (χ1n) is 4.52. The summed E-state index contributed by atoms with van der Waals surface area (Å²) in [6.07, 6.45) is 0. The van der Waals surface area contributed by atoms with Gasteiger partial charge in [-0.2, -0.15) is 0 Å². The highest BCUT2D eigenvalue weighted by atomic mass is 32.1. The molecule has 2 aromatic rings. The van der Waals surface area contributed by atoms with E-state index >= 15 is 0 Å². The largest absolute Gasteiger partial charge is 0.617 e. The third-order valence-corrected chi connectivity index (χ3v) is 3.02. The number of esters is 1. The van der Waals surface area contributed by atoms with Gasteiger partial charge < -0.3 is 9.94 Å². The number of rotatable bonds is 2. The van der Waals surface area contributed by atoms with Crippen LogP contribution in [0.15, 0.2) is 24.3 Å². The van der Waals surface area contributed by atoms with Crippen molar-refractivity contribution in [1.29, 1.82) is 0 Å². The van der Waals surface area contributed by atoms with Crippen LogP contribution in [0.5, 0.6) is 0 Å². The molecule has 1 aromatic carbocycles. The zero-order valence-corrected chi connectivity index (χ0v) is 8.91. The van der Waals surface area contributed by atoms with Gasteiger partial charge in [0.25, 0.3) is 0 Å². The van der Waals surface area contributed by atoms with Crippen molar-refractivity contribution in [3.8, 4) is 0 Å². The summed E-state index contributed by atoms with van der Waals surface area (Å²) in [5, 5.41) is 11.8. The Morgan fingerprint density at radius 3 is 2.93 bits per heavy atom. The number of nitrogens with zero attached hydrogens (tertiary/aromatic N) is 1. The fraction of sp³-hybridized carbons (Fsp3) is 0.200. The molecule has 0 saturated heterocycles. The Hall–Kier alpha value is -1.62. The van der Waals surface area contributed by atoms with Crippen LogP contribution in [-0.4, -0.2) is 12.6 Å². The van der Waals surface area contributed by atoms with Gasteiger partial charge in [0.15, 0.2) is 0 Å². The summed E-state index contributed by atoms with van der Waals surface area (Å²) in [5.74, 6) is -0.561. The molecule has 0 aliphatic carbocycles. The van der Waals surface area contributed by atoms with E-state index in [-0.39, 0.29) is 11.6 Å². The summed E-state index contributed by atoms with van der Waals surface area (Å²) < 4.78 is 6.20. The summed E-state index contributed by atoms with van der Waals surface area (Å²) in [7, 11) is 0. The highest BCUT2D eigenvalue weighted by Gasteiger charge is 2.23. The van der Waals surface area contributed by atoms with Crippen LogP contribution in [0.4, 0.5) is 0 Å². The summed E-state index contributed by atoms with van der Waals surface area (Å²) in [4.78, 5) is 11.4. The van der Waals surface area contributed by atoms with Crippen molar-refractivity contribution < 1.29 is 14.3 Å². The number of ether oxygens (including phenoxy) is 1. The molecule has 4 nitrogen and oxygen atoms in total. The van der Waals surface area contributed by atoms with Gasteiger partial charge in [0, 0.05) is 6.07 Å². The molecular formula is C10H9NO3S. The lowest BCUT2D eigenvalue weighted by Gasteiger charge is -1.97. The Bertz CT molecular complexity index is 506. The Balaban J connectivity index is 2.53. The van der Waals surface area contributed by atoms with Gasteiger partial charge in [-0.15, -0.1) is 4.73 Å². The number of carbonyl (C=O) groups is 1. The van der Waals surface area contributed by atoms with Gasteiger partial charge in [-0.25, -0.2) is 4.79 Å². The summed E-state index contributed by atoms with van der Waals surface area (Å²) >= 11 is 1.15. The number of para-hydroxylation sites is 1. The Morgan fingerprint density at radius 1 is 1.53 bits per heavy atom. The molecule has 0 bridgehead atoms. The van der Waals surface area contributed by atoms with Gasteiger partial charge in [0.05, 0.1) is 6.61 Å². The highest BCUT2D eigenvalue weighted by Crippen LogP contribution is 2.20.